The van der Waals surface area contributed by atoms with E-state index >= 15 is 0 Å². The topological polar surface area (TPSA) is 63.2 Å². The van der Waals surface area contributed by atoms with Crippen LogP contribution in [0, 0.1) is 0 Å². The van der Waals surface area contributed by atoms with E-state index in [1.807, 2.05) is 6.92 Å². The second-order valence-electron chi connectivity index (χ2n) is 3.08. The molecule has 0 unspecified atom stereocenters. The third-order valence-electron chi connectivity index (χ3n) is 1.55. The Labute approximate surface area is 79.6 Å². The molecule has 0 heterocycles. The molecule has 0 spiro atoms. The lowest BCUT2D eigenvalue weighted by atomic mass is 10.2. The lowest BCUT2D eigenvalue weighted by molar-refractivity contribution is -0.121. The maximum Gasteiger partial charge on any atom is 0.220 e. The monoisotopic (exact) mass is 207 g/mol. The van der Waals surface area contributed by atoms with Gasteiger partial charge in [-0.1, -0.05) is 13.3 Å². The molecule has 0 aliphatic carbocycles. The van der Waals surface area contributed by atoms with Crippen LogP contribution in [0.1, 0.15) is 26.2 Å². The fraction of sp³-hybridized carbons (Fsp3) is 0.875. The first-order valence-corrected chi connectivity index (χ1v) is 6.46. The van der Waals surface area contributed by atoms with Crippen LogP contribution in [-0.4, -0.2) is 32.9 Å². The Bertz CT molecular complexity index is 246. The highest BCUT2D eigenvalue weighted by molar-refractivity contribution is 7.90. The lowest BCUT2D eigenvalue weighted by Gasteiger charge is -2.02. The summed E-state index contributed by atoms with van der Waals surface area (Å²) in [5.74, 6) is -0.0456. The average Bonchev–Trinajstić information content (AvgIpc) is 1.98. The average molecular weight is 207 g/mol. The Balaban J connectivity index is 3.49. The molecule has 0 fully saturated rings. The van der Waals surface area contributed by atoms with Crippen LogP contribution in [0.15, 0.2) is 0 Å². The maximum absolute atomic E-state index is 11.0. The van der Waals surface area contributed by atoms with E-state index in [-0.39, 0.29) is 18.2 Å². The Morgan fingerprint density at radius 1 is 1.38 bits per heavy atom. The molecule has 78 valence electrons. The van der Waals surface area contributed by atoms with Crippen LogP contribution in [0.4, 0.5) is 0 Å². The van der Waals surface area contributed by atoms with Gasteiger partial charge in [-0.05, 0) is 6.42 Å². The summed E-state index contributed by atoms with van der Waals surface area (Å²) in [7, 11) is -2.96. The molecule has 1 amide bonds. The fourth-order valence-electron chi connectivity index (χ4n) is 0.802. The van der Waals surface area contributed by atoms with Gasteiger partial charge in [0.25, 0.3) is 0 Å². The van der Waals surface area contributed by atoms with Crippen molar-refractivity contribution in [3.8, 4) is 0 Å². The normalized spacial score (nSPS) is 11.2. The number of sulfone groups is 1. The van der Waals surface area contributed by atoms with Gasteiger partial charge in [0.2, 0.25) is 5.91 Å². The van der Waals surface area contributed by atoms with E-state index in [9.17, 15) is 13.2 Å². The number of carbonyl (C=O) groups is 1. The molecule has 1 N–H and O–H groups in total. The number of unbranched alkanes of at least 4 members (excludes halogenated alkanes) is 1. The highest BCUT2D eigenvalue weighted by Crippen LogP contribution is 1.92. The highest BCUT2D eigenvalue weighted by Gasteiger charge is 2.03. The number of amides is 1. The van der Waals surface area contributed by atoms with Crippen molar-refractivity contribution in [1.82, 2.24) is 5.32 Å². The van der Waals surface area contributed by atoms with Crippen molar-refractivity contribution in [1.29, 1.82) is 0 Å². The summed E-state index contributed by atoms with van der Waals surface area (Å²) >= 11 is 0. The molecule has 5 heteroatoms. The predicted molar refractivity (Wildman–Crippen MR) is 52.2 cm³/mol. The first-order chi connectivity index (χ1) is 5.95. The summed E-state index contributed by atoms with van der Waals surface area (Å²) in [6, 6.07) is 0. The van der Waals surface area contributed by atoms with Crippen molar-refractivity contribution in [2.45, 2.75) is 26.2 Å². The van der Waals surface area contributed by atoms with Gasteiger partial charge in [0.05, 0.1) is 5.75 Å². The summed E-state index contributed by atoms with van der Waals surface area (Å²) in [6.07, 6.45) is 3.47. The Hall–Kier alpha value is -0.580. The Morgan fingerprint density at radius 2 is 2.00 bits per heavy atom. The second kappa shape index (κ2) is 5.96. The molecule has 13 heavy (non-hydrogen) atoms. The molecule has 0 aromatic heterocycles. The van der Waals surface area contributed by atoms with E-state index in [2.05, 4.69) is 5.32 Å². The van der Waals surface area contributed by atoms with Crippen LogP contribution in [0.5, 0.6) is 0 Å². The van der Waals surface area contributed by atoms with Crippen LogP contribution in [-0.2, 0) is 14.6 Å². The van der Waals surface area contributed by atoms with Gasteiger partial charge in [0.1, 0.15) is 9.84 Å². The van der Waals surface area contributed by atoms with Crippen molar-refractivity contribution in [3.63, 3.8) is 0 Å². The maximum atomic E-state index is 11.0. The van der Waals surface area contributed by atoms with Crippen LogP contribution >= 0.6 is 0 Å². The molecule has 0 aliphatic heterocycles. The predicted octanol–water partition coefficient (Wildman–Crippen LogP) is 0.337. The zero-order valence-corrected chi connectivity index (χ0v) is 8.99. The molecule has 0 saturated carbocycles. The van der Waals surface area contributed by atoms with Gasteiger partial charge in [0, 0.05) is 19.2 Å². The molecule has 4 nitrogen and oxygen atoms in total. The standard InChI is InChI=1S/C8H17NO3S/c1-3-4-5-8(10)9-6-7-13(2,11)12/h3-7H2,1-2H3,(H,9,10). The van der Waals surface area contributed by atoms with Crippen LogP contribution in [0.2, 0.25) is 0 Å². The van der Waals surface area contributed by atoms with Gasteiger partial charge in [-0.15, -0.1) is 0 Å². The molecular weight excluding hydrogens is 190 g/mol. The van der Waals surface area contributed by atoms with Crippen LogP contribution in [0.25, 0.3) is 0 Å². The first kappa shape index (κ1) is 12.4. The minimum absolute atomic E-state index is 0.0187. The highest BCUT2D eigenvalue weighted by atomic mass is 32.2. The molecule has 0 rings (SSSR count). The van der Waals surface area contributed by atoms with Crippen LogP contribution in [0.3, 0.4) is 0 Å². The number of rotatable bonds is 6. The third kappa shape index (κ3) is 9.33. The van der Waals surface area contributed by atoms with E-state index < -0.39 is 9.84 Å². The molecule has 0 radical (unpaired) electrons. The van der Waals surface area contributed by atoms with Crippen molar-refractivity contribution in [2.75, 3.05) is 18.6 Å². The van der Waals surface area contributed by atoms with Crippen molar-refractivity contribution in [2.24, 2.45) is 0 Å². The lowest BCUT2D eigenvalue weighted by Crippen LogP contribution is -2.28. The molecule has 0 aromatic carbocycles. The molecule has 0 atom stereocenters. The smallest absolute Gasteiger partial charge is 0.220 e. The quantitative estimate of drug-likeness (QED) is 0.683. The number of nitrogens with one attached hydrogen (secondary N) is 1. The summed E-state index contributed by atoms with van der Waals surface area (Å²) < 4.78 is 21.4. The van der Waals surface area contributed by atoms with Gasteiger partial charge in [0.15, 0.2) is 0 Å². The van der Waals surface area contributed by atoms with E-state index in [0.717, 1.165) is 19.1 Å². The molecule has 0 aliphatic rings. The Morgan fingerprint density at radius 3 is 2.46 bits per heavy atom. The van der Waals surface area contributed by atoms with Gasteiger partial charge in [-0.2, -0.15) is 0 Å². The van der Waals surface area contributed by atoms with E-state index in [1.165, 1.54) is 0 Å². The summed E-state index contributed by atoms with van der Waals surface area (Å²) in [6.45, 7) is 2.23. The minimum Gasteiger partial charge on any atom is -0.355 e. The van der Waals surface area contributed by atoms with Gasteiger partial charge in [-0.25, -0.2) is 8.42 Å². The summed E-state index contributed by atoms with van der Waals surface area (Å²) in [5.41, 5.74) is 0. The largest absolute Gasteiger partial charge is 0.355 e. The SMILES string of the molecule is CCCCC(=O)NCCS(C)(=O)=O. The van der Waals surface area contributed by atoms with E-state index in [4.69, 9.17) is 0 Å². The molecule has 0 bridgehead atoms. The van der Waals surface area contributed by atoms with Gasteiger partial charge < -0.3 is 5.32 Å². The van der Waals surface area contributed by atoms with E-state index in [1.54, 1.807) is 0 Å². The number of carbonyl (C=O) groups excluding carboxylic acids is 1. The first-order valence-electron chi connectivity index (χ1n) is 4.40. The Kier molecular flexibility index (Phi) is 5.70. The van der Waals surface area contributed by atoms with Gasteiger partial charge >= 0.3 is 0 Å². The number of hydrogen-bond acceptors (Lipinski definition) is 3. The van der Waals surface area contributed by atoms with Crippen LogP contribution < -0.4 is 5.32 Å². The van der Waals surface area contributed by atoms with Crippen molar-refractivity contribution < 1.29 is 13.2 Å². The molecular formula is C8H17NO3S. The van der Waals surface area contributed by atoms with Gasteiger partial charge in [-0.3, -0.25) is 4.79 Å². The summed E-state index contributed by atoms with van der Waals surface area (Å²) in [5, 5.41) is 2.56. The molecule has 0 saturated heterocycles. The van der Waals surface area contributed by atoms with Crippen molar-refractivity contribution >= 4 is 15.7 Å². The fourth-order valence-corrected chi connectivity index (χ4v) is 1.27. The number of hydrogen-bond donors (Lipinski definition) is 1. The van der Waals surface area contributed by atoms with Crippen molar-refractivity contribution in [3.05, 3.63) is 0 Å². The molecule has 0 aromatic rings. The summed E-state index contributed by atoms with van der Waals surface area (Å²) in [4.78, 5) is 11.0. The van der Waals surface area contributed by atoms with E-state index in [0.29, 0.717) is 6.42 Å². The second-order valence-corrected chi connectivity index (χ2v) is 5.34. The zero-order valence-electron chi connectivity index (χ0n) is 8.17. The zero-order chi connectivity index (χ0) is 10.3. The minimum atomic E-state index is -2.96. The third-order valence-corrected chi connectivity index (χ3v) is 2.50.